The molecular weight excluding hydrogens is 208 g/mol. The average Bonchev–Trinajstić information content (AvgIpc) is 2.19. The molecule has 0 saturated carbocycles. The summed E-state index contributed by atoms with van der Waals surface area (Å²) >= 11 is 0. The number of benzene rings is 1. The Kier molecular flexibility index (Phi) is 3.35. The van der Waals surface area contributed by atoms with Crippen LogP contribution in [0, 0.1) is 0 Å². The van der Waals surface area contributed by atoms with Gasteiger partial charge in [-0.05, 0) is 12.1 Å². The van der Waals surface area contributed by atoms with Gasteiger partial charge < -0.3 is 0 Å². The first kappa shape index (κ1) is 10.8. The molecule has 0 fully saturated rings. The van der Waals surface area contributed by atoms with Gasteiger partial charge in [0.2, 0.25) is 0 Å². The van der Waals surface area contributed by atoms with Gasteiger partial charge in [-0.1, -0.05) is 23.5 Å². The molecule has 0 aliphatic carbocycles. The van der Waals surface area contributed by atoms with E-state index in [2.05, 4.69) is 0 Å². The number of carbonyl (C=O) groups excluding carboxylic acids is 1. The highest BCUT2D eigenvalue weighted by Crippen LogP contribution is 2.24. The van der Waals surface area contributed by atoms with E-state index in [-0.39, 0.29) is 5.56 Å². The zero-order chi connectivity index (χ0) is 10.6. The van der Waals surface area contributed by atoms with Crippen LogP contribution in [0.25, 0.3) is 0 Å². The summed E-state index contributed by atoms with van der Waals surface area (Å²) in [4.78, 5) is 11.2. The Balaban J connectivity index is 2.74. The first-order valence-electron chi connectivity index (χ1n) is 3.69. The molecule has 0 saturated heterocycles. The maximum atomic E-state index is 11.8. The zero-order valence-electron chi connectivity index (χ0n) is 7.11. The topological polar surface area (TPSA) is 84.2 Å². The minimum Gasteiger partial charge on any atom is -0.277 e. The van der Waals surface area contributed by atoms with Crippen molar-refractivity contribution < 1.29 is 13.8 Å². The zero-order valence-corrected chi connectivity index (χ0v) is 8.00. The van der Waals surface area contributed by atoms with Crippen molar-refractivity contribution in [1.29, 1.82) is 0 Å². The van der Waals surface area contributed by atoms with Crippen LogP contribution >= 0.6 is 7.59 Å². The molecule has 0 spiro atoms. The predicted octanol–water partition coefficient (Wildman–Crippen LogP) is 0.957. The monoisotopic (exact) mass is 217 g/mol. The maximum absolute atomic E-state index is 11.8. The molecule has 0 aliphatic heterocycles. The van der Waals surface area contributed by atoms with Crippen LogP contribution in [-0.4, -0.2) is 5.91 Å². The van der Waals surface area contributed by atoms with Crippen LogP contribution in [0.3, 0.4) is 0 Å². The minimum absolute atomic E-state index is 0.258. The SMILES string of the molecule is NP(=O)(NF)NC(=O)c1ccccc1. The second kappa shape index (κ2) is 4.32. The molecule has 0 radical (unpaired) electrons. The lowest BCUT2D eigenvalue weighted by Gasteiger charge is -2.10. The number of halogens is 1. The molecular formula is C7H9FN3O2P. The van der Waals surface area contributed by atoms with E-state index in [0.717, 1.165) is 5.31 Å². The van der Waals surface area contributed by atoms with Crippen LogP contribution in [0.1, 0.15) is 10.4 Å². The molecule has 76 valence electrons. The summed E-state index contributed by atoms with van der Waals surface area (Å²) in [6.07, 6.45) is 0. The van der Waals surface area contributed by atoms with E-state index < -0.39 is 13.5 Å². The van der Waals surface area contributed by atoms with Gasteiger partial charge in [-0.15, -0.1) is 4.48 Å². The van der Waals surface area contributed by atoms with Crippen molar-refractivity contribution in [2.24, 2.45) is 5.50 Å². The molecule has 5 nitrogen and oxygen atoms in total. The molecule has 0 aliphatic rings. The Labute approximate surface area is 80.0 Å². The molecule has 14 heavy (non-hydrogen) atoms. The van der Waals surface area contributed by atoms with Gasteiger partial charge in [0.15, 0.2) is 0 Å². The van der Waals surface area contributed by atoms with Crippen LogP contribution in [0.15, 0.2) is 30.3 Å². The molecule has 1 aromatic carbocycles. The van der Waals surface area contributed by atoms with E-state index in [1.165, 1.54) is 12.1 Å². The molecule has 1 atom stereocenters. The van der Waals surface area contributed by atoms with Crippen molar-refractivity contribution in [2.75, 3.05) is 0 Å². The summed E-state index contributed by atoms with van der Waals surface area (Å²) < 4.78 is 22.7. The van der Waals surface area contributed by atoms with Gasteiger partial charge in [0, 0.05) is 5.56 Å². The smallest absolute Gasteiger partial charge is 0.277 e. The van der Waals surface area contributed by atoms with E-state index in [1.54, 1.807) is 18.2 Å². The van der Waals surface area contributed by atoms with Crippen LogP contribution in [0.4, 0.5) is 4.48 Å². The van der Waals surface area contributed by atoms with Crippen LogP contribution in [0.2, 0.25) is 0 Å². The molecule has 1 amide bonds. The summed E-state index contributed by atoms with van der Waals surface area (Å²) in [6, 6.07) is 7.95. The molecule has 0 heterocycles. The van der Waals surface area contributed by atoms with Gasteiger partial charge in [-0.2, -0.15) is 0 Å². The van der Waals surface area contributed by atoms with Crippen molar-refractivity contribution in [1.82, 2.24) is 10.4 Å². The third-order valence-corrected chi connectivity index (χ3v) is 2.22. The number of carbonyl (C=O) groups is 1. The van der Waals surface area contributed by atoms with Crippen LogP contribution in [0.5, 0.6) is 0 Å². The van der Waals surface area contributed by atoms with Crippen molar-refractivity contribution in [2.45, 2.75) is 0 Å². The predicted molar refractivity (Wildman–Crippen MR) is 49.9 cm³/mol. The second-order valence-electron chi connectivity index (χ2n) is 2.55. The van der Waals surface area contributed by atoms with Gasteiger partial charge in [-0.25, -0.2) is 0 Å². The maximum Gasteiger partial charge on any atom is 0.330 e. The third-order valence-electron chi connectivity index (χ3n) is 1.43. The highest BCUT2D eigenvalue weighted by atomic mass is 31.2. The number of amides is 1. The number of hydrogen-bond acceptors (Lipinski definition) is 2. The van der Waals surface area contributed by atoms with Crippen LogP contribution in [-0.2, 0) is 4.57 Å². The molecule has 0 bridgehead atoms. The van der Waals surface area contributed by atoms with E-state index in [1.807, 2.05) is 5.09 Å². The molecule has 0 aromatic heterocycles. The second-order valence-corrected chi connectivity index (χ2v) is 4.26. The highest BCUT2D eigenvalue weighted by molar-refractivity contribution is 7.57. The third kappa shape index (κ3) is 2.92. The Hall–Kier alpha value is -1.23. The Morgan fingerprint density at radius 2 is 1.93 bits per heavy atom. The van der Waals surface area contributed by atoms with Gasteiger partial charge in [0.25, 0.3) is 5.91 Å². The normalized spacial score (nSPS) is 14.4. The molecule has 7 heteroatoms. The minimum atomic E-state index is -3.91. The summed E-state index contributed by atoms with van der Waals surface area (Å²) in [5.74, 6) is -0.693. The quantitative estimate of drug-likeness (QED) is 0.520. The number of nitrogens with one attached hydrogen (secondary N) is 2. The highest BCUT2D eigenvalue weighted by Gasteiger charge is 2.19. The summed E-state index contributed by atoms with van der Waals surface area (Å²) in [6.45, 7) is 0. The molecule has 4 N–H and O–H groups in total. The summed E-state index contributed by atoms with van der Waals surface area (Å²) in [5.41, 5.74) is 5.15. The molecule has 1 aromatic rings. The number of hydrogen-bond donors (Lipinski definition) is 3. The van der Waals surface area contributed by atoms with Crippen molar-refractivity contribution in [3.8, 4) is 0 Å². The number of rotatable bonds is 3. The van der Waals surface area contributed by atoms with Gasteiger partial charge in [-0.3, -0.25) is 20.0 Å². The lowest BCUT2D eigenvalue weighted by atomic mass is 10.2. The fourth-order valence-corrected chi connectivity index (χ4v) is 1.30. The van der Waals surface area contributed by atoms with Crippen LogP contribution < -0.4 is 15.9 Å². The fraction of sp³-hybridized carbons (Fsp3) is 0. The summed E-state index contributed by atoms with van der Waals surface area (Å²) in [5, 5.41) is 2.67. The van der Waals surface area contributed by atoms with Crippen molar-refractivity contribution in [3.05, 3.63) is 35.9 Å². The van der Waals surface area contributed by atoms with Gasteiger partial charge in [0.05, 0.1) is 0 Å². The van der Waals surface area contributed by atoms with Gasteiger partial charge >= 0.3 is 7.59 Å². The first-order valence-corrected chi connectivity index (χ1v) is 5.47. The van der Waals surface area contributed by atoms with E-state index in [0.29, 0.717) is 0 Å². The standard InChI is InChI=1S/C7H9FN3O2P/c8-11-14(9,13)10-7(12)6-4-2-1-3-5-6/h1-5H,(H4,9,10,11,12,13). The number of nitrogens with two attached hydrogens (primary N) is 1. The average molecular weight is 217 g/mol. The Bertz CT molecular complexity index is 370. The largest absolute Gasteiger partial charge is 0.330 e. The Morgan fingerprint density at radius 3 is 2.43 bits per heavy atom. The lowest BCUT2D eigenvalue weighted by Crippen LogP contribution is -2.28. The molecule has 1 rings (SSSR count). The molecule has 1 unspecified atom stereocenters. The summed E-state index contributed by atoms with van der Waals surface area (Å²) in [7, 11) is -3.91. The first-order chi connectivity index (χ1) is 6.55. The lowest BCUT2D eigenvalue weighted by molar-refractivity contribution is 0.0979. The Morgan fingerprint density at radius 1 is 1.36 bits per heavy atom. The fourth-order valence-electron chi connectivity index (χ4n) is 0.826. The van der Waals surface area contributed by atoms with E-state index >= 15 is 0 Å². The van der Waals surface area contributed by atoms with E-state index in [4.69, 9.17) is 5.50 Å². The van der Waals surface area contributed by atoms with Crippen molar-refractivity contribution in [3.63, 3.8) is 0 Å². The van der Waals surface area contributed by atoms with Gasteiger partial charge in [0.1, 0.15) is 0 Å². The van der Waals surface area contributed by atoms with E-state index in [9.17, 15) is 13.8 Å². The van der Waals surface area contributed by atoms with Crippen molar-refractivity contribution >= 4 is 13.5 Å².